The molecule has 0 bridgehead atoms. The van der Waals surface area contributed by atoms with Crippen molar-refractivity contribution in [3.05, 3.63) is 76.7 Å². The Morgan fingerprint density at radius 2 is 1.76 bits per heavy atom. The molecule has 1 aliphatic heterocycles. The Labute approximate surface area is 145 Å². The highest BCUT2D eigenvalue weighted by molar-refractivity contribution is 6.05. The van der Waals surface area contributed by atoms with Gasteiger partial charge in [0.25, 0.3) is 0 Å². The summed E-state index contributed by atoms with van der Waals surface area (Å²) in [6, 6.07) is 21.6. The molecular weight excluding hydrogens is 306 g/mol. The fourth-order valence-electron chi connectivity index (χ4n) is 4.56. The fraction of sp³-hybridized carbons (Fsp3) is 0.130. The number of nitrogens with one attached hydrogen (secondary N) is 1. The van der Waals surface area contributed by atoms with Crippen LogP contribution in [0.2, 0.25) is 0 Å². The monoisotopic (exact) mass is 323 g/mol. The van der Waals surface area contributed by atoms with Gasteiger partial charge in [-0.2, -0.15) is 0 Å². The Bertz CT molecular complexity index is 1300. The number of rotatable bonds is 0. The van der Waals surface area contributed by atoms with Gasteiger partial charge in [-0.1, -0.05) is 48.5 Å². The molecule has 120 valence electrons. The Morgan fingerprint density at radius 3 is 2.72 bits per heavy atom. The smallest absolute Gasteiger partial charge is 0.142 e. The molecule has 2 unspecified atom stereocenters. The Balaban J connectivity index is 1.72. The molecule has 2 heterocycles. The van der Waals surface area contributed by atoms with E-state index in [2.05, 4.69) is 72.9 Å². The van der Waals surface area contributed by atoms with Crippen molar-refractivity contribution in [3.63, 3.8) is 0 Å². The van der Waals surface area contributed by atoms with E-state index in [1.165, 1.54) is 32.5 Å². The first-order valence-corrected chi connectivity index (χ1v) is 8.75. The summed E-state index contributed by atoms with van der Waals surface area (Å²) in [4.78, 5) is 0. The summed E-state index contributed by atoms with van der Waals surface area (Å²) in [5, 5.41) is 8.52. The van der Waals surface area contributed by atoms with Gasteiger partial charge in [-0.15, -0.1) is 0 Å². The standard InChI is InChI=1S/C23H17NO/c1-23-13-14-10-11-16-15-6-2-5-9-20(15)25-22(16)17(14)12-21(23)24-19-8-4-3-7-18(19)23/h2-13,21,24H,1H3. The van der Waals surface area contributed by atoms with Gasteiger partial charge in [0.1, 0.15) is 11.2 Å². The van der Waals surface area contributed by atoms with Crippen LogP contribution in [0.15, 0.2) is 65.1 Å². The van der Waals surface area contributed by atoms with Crippen molar-refractivity contribution in [2.75, 3.05) is 5.32 Å². The molecule has 3 aromatic carbocycles. The van der Waals surface area contributed by atoms with Crippen LogP contribution in [0.5, 0.6) is 0 Å². The van der Waals surface area contributed by atoms with E-state index in [9.17, 15) is 0 Å². The van der Waals surface area contributed by atoms with Crippen LogP contribution in [0.1, 0.15) is 12.5 Å². The van der Waals surface area contributed by atoms with E-state index in [0.29, 0.717) is 0 Å². The maximum atomic E-state index is 6.23. The zero-order valence-electron chi connectivity index (χ0n) is 13.9. The lowest BCUT2D eigenvalue weighted by atomic mass is 9.75. The maximum absolute atomic E-state index is 6.23. The maximum Gasteiger partial charge on any atom is 0.142 e. The van der Waals surface area contributed by atoms with Crippen LogP contribution in [0.4, 0.5) is 5.69 Å². The third kappa shape index (κ3) is 1.59. The average molecular weight is 323 g/mol. The molecule has 1 N–H and O–H groups in total. The second-order valence-electron chi connectivity index (χ2n) is 7.30. The Hall–Kier alpha value is -3.00. The quantitative estimate of drug-likeness (QED) is 0.531. The molecule has 2 nitrogen and oxygen atoms in total. The molecule has 2 atom stereocenters. The van der Waals surface area contributed by atoms with Crippen molar-refractivity contribution < 1.29 is 4.42 Å². The molecule has 4 aromatic rings. The van der Waals surface area contributed by atoms with E-state index >= 15 is 0 Å². The van der Waals surface area contributed by atoms with Crippen LogP contribution in [-0.4, -0.2) is 6.04 Å². The first kappa shape index (κ1) is 13.3. The Kier molecular flexibility index (Phi) is 2.31. The van der Waals surface area contributed by atoms with Crippen molar-refractivity contribution in [1.29, 1.82) is 0 Å². The molecule has 0 saturated carbocycles. The van der Waals surface area contributed by atoms with Crippen molar-refractivity contribution in [2.24, 2.45) is 0 Å². The number of para-hydroxylation sites is 2. The van der Waals surface area contributed by atoms with E-state index in [1.54, 1.807) is 0 Å². The molecule has 2 heteroatoms. The summed E-state index contributed by atoms with van der Waals surface area (Å²) < 4.78 is 6.23. The van der Waals surface area contributed by atoms with Crippen molar-refractivity contribution in [3.8, 4) is 0 Å². The SMILES string of the molecule is CC12C=c3ccc4c(oc5ccccc54)c3=CC1Nc1ccccc12. The molecule has 0 fully saturated rings. The largest absolute Gasteiger partial charge is 0.455 e. The van der Waals surface area contributed by atoms with Crippen LogP contribution in [0.25, 0.3) is 34.1 Å². The van der Waals surface area contributed by atoms with E-state index in [1.807, 2.05) is 12.1 Å². The van der Waals surface area contributed by atoms with Gasteiger partial charge in [0.2, 0.25) is 0 Å². The summed E-state index contributed by atoms with van der Waals surface area (Å²) in [6.45, 7) is 2.32. The first-order valence-electron chi connectivity index (χ1n) is 8.75. The highest BCUT2D eigenvalue weighted by atomic mass is 16.3. The number of benzene rings is 3. The third-order valence-electron chi connectivity index (χ3n) is 5.87. The van der Waals surface area contributed by atoms with Gasteiger partial charge < -0.3 is 9.73 Å². The van der Waals surface area contributed by atoms with Gasteiger partial charge in [0.05, 0.1) is 6.04 Å². The zero-order valence-corrected chi connectivity index (χ0v) is 13.9. The number of hydrogen-bond acceptors (Lipinski definition) is 2. The molecule has 6 rings (SSSR count). The van der Waals surface area contributed by atoms with E-state index < -0.39 is 0 Å². The van der Waals surface area contributed by atoms with Crippen LogP contribution in [0.3, 0.4) is 0 Å². The second-order valence-corrected chi connectivity index (χ2v) is 7.30. The lowest BCUT2D eigenvalue weighted by molar-refractivity contribution is 0.628. The molecule has 2 aliphatic rings. The zero-order chi connectivity index (χ0) is 16.6. The van der Waals surface area contributed by atoms with Crippen molar-refractivity contribution in [1.82, 2.24) is 0 Å². The number of fused-ring (bicyclic) bond motifs is 8. The molecule has 1 aromatic heterocycles. The molecule has 0 amide bonds. The predicted octanol–water partition coefficient (Wildman–Crippen LogP) is 3.91. The van der Waals surface area contributed by atoms with Gasteiger partial charge in [-0.05, 0) is 42.0 Å². The van der Waals surface area contributed by atoms with Gasteiger partial charge in [0, 0.05) is 27.1 Å². The molecule has 0 radical (unpaired) electrons. The van der Waals surface area contributed by atoms with Crippen molar-refractivity contribution >= 4 is 39.8 Å². The number of anilines is 1. The van der Waals surface area contributed by atoms with Crippen LogP contribution < -0.4 is 15.8 Å². The topological polar surface area (TPSA) is 25.2 Å². The normalized spacial score (nSPS) is 23.3. The second kappa shape index (κ2) is 4.34. The minimum Gasteiger partial charge on any atom is -0.455 e. The Morgan fingerprint density at radius 1 is 0.920 bits per heavy atom. The van der Waals surface area contributed by atoms with Crippen LogP contribution >= 0.6 is 0 Å². The summed E-state index contributed by atoms with van der Waals surface area (Å²) >= 11 is 0. The molecule has 0 spiro atoms. The number of hydrogen-bond donors (Lipinski definition) is 1. The van der Waals surface area contributed by atoms with Crippen molar-refractivity contribution in [2.45, 2.75) is 18.4 Å². The minimum absolute atomic E-state index is 0.0245. The van der Waals surface area contributed by atoms with Gasteiger partial charge in [-0.3, -0.25) is 0 Å². The summed E-state index contributed by atoms with van der Waals surface area (Å²) in [5.74, 6) is 0. The summed E-state index contributed by atoms with van der Waals surface area (Å²) in [5.41, 5.74) is 4.52. The van der Waals surface area contributed by atoms with E-state index in [4.69, 9.17) is 4.42 Å². The summed E-state index contributed by atoms with van der Waals surface area (Å²) in [7, 11) is 0. The van der Waals surface area contributed by atoms with Gasteiger partial charge >= 0.3 is 0 Å². The first-order chi connectivity index (χ1) is 12.2. The molecule has 25 heavy (non-hydrogen) atoms. The van der Waals surface area contributed by atoms with E-state index in [-0.39, 0.29) is 11.5 Å². The highest BCUT2D eigenvalue weighted by Gasteiger charge is 2.41. The van der Waals surface area contributed by atoms with Gasteiger partial charge in [0.15, 0.2) is 0 Å². The third-order valence-corrected chi connectivity index (χ3v) is 5.87. The number of furan rings is 1. The molecular formula is C23H17NO. The van der Waals surface area contributed by atoms with Crippen LogP contribution in [-0.2, 0) is 5.41 Å². The van der Waals surface area contributed by atoms with E-state index in [0.717, 1.165) is 11.2 Å². The minimum atomic E-state index is -0.0245. The predicted molar refractivity (Wildman–Crippen MR) is 103 cm³/mol. The average Bonchev–Trinajstić information content (AvgIpc) is 3.15. The molecule has 0 saturated heterocycles. The fourth-order valence-corrected chi connectivity index (χ4v) is 4.56. The van der Waals surface area contributed by atoms with Crippen LogP contribution in [0, 0.1) is 0 Å². The highest BCUT2D eigenvalue weighted by Crippen LogP contribution is 2.43. The molecule has 1 aliphatic carbocycles. The summed E-state index contributed by atoms with van der Waals surface area (Å²) in [6.07, 6.45) is 4.75. The van der Waals surface area contributed by atoms with Gasteiger partial charge in [-0.25, -0.2) is 0 Å². The lowest BCUT2D eigenvalue weighted by Gasteiger charge is -2.29. The lowest BCUT2D eigenvalue weighted by Crippen LogP contribution is -2.43.